The third-order valence-corrected chi connectivity index (χ3v) is 11.8. The van der Waals surface area contributed by atoms with Gasteiger partial charge in [-0.05, 0) is 43.9 Å². The van der Waals surface area contributed by atoms with Gasteiger partial charge in [-0.2, -0.15) is 0 Å². The average Bonchev–Trinajstić information content (AvgIpc) is 3.76. The van der Waals surface area contributed by atoms with Crippen molar-refractivity contribution in [3.8, 4) is 11.4 Å². The van der Waals surface area contributed by atoms with Gasteiger partial charge in [0.1, 0.15) is 17.6 Å². The molecule has 3 amide bonds. The smallest absolute Gasteiger partial charge is 0.409 e. The molecule has 330 valence electrons. The summed E-state index contributed by atoms with van der Waals surface area (Å²) in [5, 5.41) is 2.99. The molecule has 0 unspecified atom stereocenters. The van der Waals surface area contributed by atoms with Crippen LogP contribution in [-0.2, 0) is 53.4 Å². The van der Waals surface area contributed by atoms with Gasteiger partial charge in [0.2, 0.25) is 19.5 Å². The van der Waals surface area contributed by atoms with Crippen molar-refractivity contribution in [1.29, 1.82) is 0 Å². The number of ether oxygens (including phenoxy) is 4. The maximum absolute atomic E-state index is 14.3. The Hall–Kier alpha value is -5.42. The maximum atomic E-state index is 14.3. The van der Waals surface area contributed by atoms with Crippen LogP contribution in [0.15, 0.2) is 60.7 Å². The first-order chi connectivity index (χ1) is 29.5. The summed E-state index contributed by atoms with van der Waals surface area (Å²) in [5.74, 6) is -1.22. The van der Waals surface area contributed by atoms with Crippen LogP contribution in [0.2, 0.25) is 0 Å². The van der Waals surface area contributed by atoms with E-state index in [9.17, 15) is 28.5 Å². The summed E-state index contributed by atoms with van der Waals surface area (Å²) >= 11 is 0. The van der Waals surface area contributed by atoms with E-state index in [-0.39, 0.29) is 75.1 Å². The van der Waals surface area contributed by atoms with Gasteiger partial charge in [-0.1, -0.05) is 56.3 Å². The Labute approximate surface area is 355 Å². The largest absolute Gasteiger partial charge is 0.450 e. The minimum absolute atomic E-state index is 0.00332. The van der Waals surface area contributed by atoms with E-state index in [0.29, 0.717) is 48.7 Å². The highest BCUT2D eigenvalue weighted by atomic mass is 31.2. The molecule has 2 aliphatic rings. The van der Waals surface area contributed by atoms with Gasteiger partial charge < -0.3 is 39.0 Å². The molecule has 0 saturated carbocycles. The maximum Gasteiger partial charge on any atom is 0.409 e. The minimum Gasteiger partial charge on any atom is -0.450 e. The predicted octanol–water partition coefficient (Wildman–Crippen LogP) is 4.46. The molecule has 0 radical (unpaired) electrons. The number of carbonyl (C=O) groups excluding carboxylic acids is 5. The van der Waals surface area contributed by atoms with Gasteiger partial charge in [-0.3, -0.25) is 32.8 Å². The Morgan fingerprint density at radius 2 is 1.43 bits per heavy atom. The van der Waals surface area contributed by atoms with Crippen LogP contribution in [0.5, 0.6) is 0 Å². The van der Waals surface area contributed by atoms with Crippen molar-refractivity contribution < 1.29 is 56.5 Å². The topological polar surface area (TPSA) is 205 Å². The number of nitrogens with zero attached hydrogens (tertiary/aromatic N) is 5. The number of methoxy groups -OCH3 is 1. The van der Waals surface area contributed by atoms with Gasteiger partial charge in [0.25, 0.3) is 5.91 Å². The van der Waals surface area contributed by atoms with Crippen molar-refractivity contribution >= 4 is 48.6 Å². The zero-order chi connectivity index (χ0) is 43.8. The van der Waals surface area contributed by atoms with Gasteiger partial charge in [-0.15, -0.1) is 0 Å². The van der Waals surface area contributed by atoms with Crippen LogP contribution < -0.4 is 15.5 Å². The second-order valence-electron chi connectivity index (χ2n) is 14.3. The van der Waals surface area contributed by atoms with E-state index in [0.717, 1.165) is 6.42 Å². The van der Waals surface area contributed by atoms with E-state index >= 15 is 0 Å². The lowest BCUT2D eigenvalue weighted by Crippen LogP contribution is -2.56. The molecule has 0 aliphatic carbocycles. The number of carbonyl (C=O) groups is 5. The number of amides is 3. The lowest BCUT2D eigenvalue weighted by atomic mass is 10.0. The summed E-state index contributed by atoms with van der Waals surface area (Å²) in [6.45, 7) is 6.34. The first-order valence-electron chi connectivity index (χ1n) is 20.5. The Bertz CT molecular complexity index is 1970. The summed E-state index contributed by atoms with van der Waals surface area (Å²) in [6.07, 6.45) is 1.67. The number of anilines is 1. The summed E-state index contributed by atoms with van der Waals surface area (Å²) in [7, 11) is -2.56. The van der Waals surface area contributed by atoms with Crippen LogP contribution in [0.25, 0.3) is 11.4 Å². The number of aromatic nitrogens is 2. The molecule has 19 heteroatoms. The Morgan fingerprint density at radius 3 is 2.00 bits per heavy atom. The molecule has 2 fully saturated rings. The summed E-state index contributed by atoms with van der Waals surface area (Å²) < 4.78 is 45.8. The highest BCUT2D eigenvalue weighted by molar-refractivity contribution is 7.62. The van der Waals surface area contributed by atoms with Crippen LogP contribution in [0.3, 0.4) is 0 Å². The summed E-state index contributed by atoms with van der Waals surface area (Å²) in [6, 6.07) is 15.9. The average molecular weight is 867 g/mol. The molecule has 0 spiro atoms. The summed E-state index contributed by atoms with van der Waals surface area (Å²) in [4.78, 5) is 79.5. The van der Waals surface area contributed by atoms with Crippen molar-refractivity contribution in [2.24, 2.45) is 0 Å². The molecule has 61 heavy (non-hydrogen) atoms. The third-order valence-electron chi connectivity index (χ3n) is 9.99. The number of esters is 2. The molecular formula is C42H55N6O12P. The Kier molecular flexibility index (Phi) is 17.6. The van der Waals surface area contributed by atoms with Crippen LogP contribution in [-0.4, -0.2) is 128 Å². The Balaban J connectivity index is 1.41. The molecule has 2 atom stereocenters. The lowest BCUT2D eigenvalue weighted by molar-refractivity contribution is -0.152. The first-order valence-corrected chi connectivity index (χ1v) is 22.0. The van der Waals surface area contributed by atoms with Crippen molar-refractivity contribution in [3.63, 3.8) is 0 Å². The fraction of sp³-hybridized carbons (Fsp3) is 0.500. The number of benzene rings is 2. The van der Waals surface area contributed by atoms with Gasteiger partial charge >= 0.3 is 25.6 Å². The Morgan fingerprint density at radius 1 is 0.803 bits per heavy atom. The number of hydrogen-bond donors (Lipinski definition) is 1. The van der Waals surface area contributed by atoms with Crippen molar-refractivity contribution in [2.75, 3.05) is 71.5 Å². The highest BCUT2D eigenvalue weighted by Gasteiger charge is 2.33. The van der Waals surface area contributed by atoms with Crippen LogP contribution >= 0.6 is 7.60 Å². The molecule has 0 bridgehead atoms. The zero-order valence-corrected chi connectivity index (χ0v) is 36.0. The monoisotopic (exact) mass is 866 g/mol. The molecule has 2 aliphatic heterocycles. The van der Waals surface area contributed by atoms with E-state index in [1.807, 2.05) is 35.2 Å². The van der Waals surface area contributed by atoms with Crippen molar-refractivity contribution in [2.45, 2.75) is 71.4 Å². The minimum atomic E-state index is -4.22. The number of hydrogen-bond acceptors (Lipinski definition) is 15. The number of rotatable bonds is 20. The standard InChI is InChI=1S/C42H55N6O12P/c1-5-11-37(49)57-28-59-61(54,60-29-58-38(50)12-6-2)33-17-15-30(16-18-33)25-35(41(52)46-21-23-47(24-22-46)42(53)56-7-3)44-40(51)34-26-36(48-20-19-32(27-48)55-4)45-39(43-34)31-13-9-8-10-14-31/h8-10,13-18,26,32,35H,5-7,11-12,19-25,27-29H2,1-4H3,(H,44,51)/t32-,35-/m0/s1. The molecule has 2 saturated heterocycles. The molecule has 2 aromatic carbocycles. The van der Waals surface area contributed by atoms with Crippen molar-refractivity contribution in [1.82, 2.24) is 25.1 Å². The van der Waals surface area contributed by atoms with Crippen molar-refractivity contribution in [3.05, 3.63) is 71.9 Å². The van der Waals surface area contributed by atoms with Gasteiger partial charge in [0.05, 0.1) is 18.0 Å². The molecule has 18 nitrogen and oxygen atoms in total. The van der Waals surface area contributed by atoms with Crippen LogP contribution in [0.4, 0.5) is 10.6 Å². The van der Waals surface area contributed by atoms with E-state index in [1.54, 1.807) is 51.0 Å². The third kappa shape index (κ3) is 13.3. The van der Waals surface area contributed by atoms with E-state index in [4.69, 9.17) is 33.0 Å². The normalized spacial score (nSPS) is 15.9. The number of piperazine rings is 1. The van der Waals surface area contributed by atoms with Crippen LogP contribution in [0, 0.1) is 0 Å². The first kappa shape index (κ1) is 46.6. The fourth-order valence-corrected chi connectivity index (χ4v) is 7.92. The van der Waals surface area contributed by atoms with Gasteiger partial charge in [0.15, 0.2) is 5.82 Å². The summed E-state index contributed by atoms with van der Waals surface area (Å²) in [5.41, 5.74) is 1.33. The van der Waals surface area contributed by atoms with E-state index in [1.165, 1.54) is 17.0 Å². The lowest BCUT2D eigenvalue weighted by Gasteiger charge is -2.36. The van der Waals surface area contributed by atoms with Crippen LogP contribution in [0.1, 0.15) is 68.9 Å². The number of nitrogens with one attached hydrogen (secondary N) is 1. The second kappa shape index (κ2) is 23.0. The van der Waals surface area contributed by atoms with E-state index < -0.39 is 51.2 Å². The molecule has 3 aromatic rings. The highest BCUT2D eigenvalue weighted by Crippen LogP contribution is 2.47. The predicted molar refractivity (Wildman–Crippen MR) is 223 cm³/mol. The molecule has 5 rings (SSSR count). The molecule has 1 aromatic heterocycles. The zero-order valence-electron chi connectivity index (χ0n) is 35.1. The fourth-order valence-electron chi connectivity index (χ4n) is 6.65. The molecule has 1 N–H and O–H groups in total. The second-order valence-corrected chi connectivity index (χ2v) is 16.4. The quantitative estimate of drug-likeness (QED) is 0.0721. The van der Waals surface area contributed by atoms with E-state index in [2.05, 4.69) is 10.3 Å². The molecule has 3 heterocycles. The van der Waals surface area contributed by atoms with Gasteiger partial charge in [0, 0.05) is 77.3 Å². The SMILES string of the molecule is CCCC(=O)OCOP(=O)(OCOC(=O)CCC)c1ccc(C[C@H](NC(=O)c2cc(N3CC[C@H](OC)C3)nc(-c3ccccc3)n2)C(=O)N2CCN(C(=O)OCC)CC2)cc1. The van der Waals surface area contributed by atoms with Gasteiger partial charge in [-0.25, -0.2) is 14.8 Å². The molecular weight excluding hydrogens is 811 g/mol.